The van der Waals surface area contributed by atoms with Crippen LogP contribution in [0.4, 0.5) is 0 Å². The molecule has 0 aliphatic rings. The zero-order chi connectivity index (χ0) is 19.4. The minimum Gasteiger partial charge on any atom is -0.508 e. The molecule has 0 radical (unpaired) electrons. The van der Waals surface area contributed by atoms with Crippen molar-refractivity contribution in [2.45, 2.75) is 46.7 Å². The molecule has 0 aromatic heterocycles. The molecule has 2 rings (SSSR count). The largest absolute Gasteiger partial charge is 0.508 e. The molecule has 142 valence electrons. The Hall–Kier alpha value is -2.20. The number of hydrogen-bond acceptors (Lipinski definition) is 4. The molecule has 0 fully saturated rings. The number of aromatic hydroxyl groups is 1. The Labute approximate surface area is 157 Å². The smallest absolute Gasteiger partial charge is 0.161 e. The third-order valence-electron chi connectivity index (χ3n) is 4.81. The van der Waals surface area contributed by atoms with Crippen LogP contribution in [0.15, 0.2) is 24.3 Å². The number of nitrogens with zero attached hydrogens (tertiary/aromatic N) is 1. The van der Waals surface area contributed by atoms with Gasteiger partial charge in [-0.1, -0.05) is 19.9 Å². The predicted molar refractivity (Wildman–Crippen MR) is 106 cm³/mol. The van der Waals surface area contributed by atoms with Crippen LogP contribution >= 0.6 is 0 Å². The Morgan fingerprint density at radius 1 is 0.885 bits per heavy atom. The molecule has 0 saturated heterocycles. The van der Waals surface area contributed by atoms with Crippen molar-refractivity contribution >= 4 is 0 Å². The van der Waals surface area contributed by atoms with Crippen LogP contribution in [-0.2, 0) is 13.1 Å². The summed E-state index contributed by atoms with van der Waals surface area (Å²) >= 11 is 0. The van der Waals surface area contributed by atoms with Crippen LogP contribution in [0.1, 0.15) is 47.6 Å². The van der Waals surface area contributed by atoms with E-state index in [4.69, 9.17) is 9.47 Å². The fraction of sp³-hybridized carbons (Fsp3) is 0.455. The predicted octanol–water partition coefficient (Wildman–Crippen LogP) is 4.78. The van der Waals surface area contributed by atoms with E-state index in [-0.39, 0.29) is 0 Å². The van der Waals surface area contributed by atoms with Gasteiger partial charge in [-0.2, -0.15) is 0 Å². The first-order valence-electron chi connectivity index (χ1n) is 8.99. The molecule has 0 aliphatic heterocycles. The standard InChI is InChI=1S/C22H31NO3/c1-14(2)19-10-18(20(24)8-16(19)4)13-23(5)12-17-11-22(26-7)21(25-6)9-15(17)3/h8-11,14,24H,12-13H2,1-7H3. The van der Waals surface area contributed by atoms with Crippen LogP contribution < -0.4 is 9.47 Å². The number of methoxy groups -OCH3 is 2. The summed E-state index contributed by atoms with van der Waals surface area (Å²) in [5.74, 6) is 2.28. The topological polar surface area (TPSA) is 41.9 Å². The van der Waals surface area contributed by atoms with Gasteiger partial charge in [0.2, 0.25) is 0 Å². The molecule has 4 nitrogen and oxygen atoms in total. The average molecular weight is 357 g/mol. The lowest BCUT2D eigenvalue weighted by Gasteiger charge is -2.21. The second-order valence-electron chi connectivity index (χ2n) is 7.30. The van der Waals surface area contributed by atoms with E-state index in [1.165, 1.54) is 11.1 Å². The maximum atomic E-state index is 10.4. The van der Waals surface area contributed by atoms with Gasteiger partial charge in [-0.3, -0.25) is 4.90 Å². The van der Waals surface area contributed by atoms with Crippen LogP contribution in [-0.4, -0.2) is 31.3 Å². The highest BCUT2D eigenvalue weighted by molar-refractivity contribution is 5.47. The van der Waals surface area contributed by atoms with Gasteiger partial charge >= 0.3 is 0 Å². The van der Waals surface area contributed by atoms with E-state index < -0.39 is 0 Å². The summed E-state index contributed by atoms with van der Waals surface area (Å²) in [5, 5.41) is 10.4. The molecule has 4 heteroatoms. The van der Waals surface area contributed by atoms with Gasteiger partial charge in [0, 0.05) is 18.7 Å². The molecular weight excluding hydrogens is 326 g/mol. The molecule has 0 bridgehead atoms. The molecule has 0 unspecified atom stereocenters. The van der Waals surface area contributed by atoms with Crippen LogP contribution in [0.25, 0.3) is 0 Å². The first kappa shape index (κ1) is 20.1. The van der Waals surface area contributed by atoms with Crippen molar-refractivity contribution in [1.82, 2.24) is 4.90 Å². The van der Waals surface area contributed by atoms with Crippen LogP contribution in [0, 0.1) is 13.8 Å². The molecule has 26 heavy (non-hydrogen) atoms. The molecule has 0 atom stereocenters. The summed E-state index contributed by atoms with van der Waals surface area (Å²) in [4.78, 5) is 2.20. The molecule has 0 saturated carbocycles. The highest BCUT2D eigenvalue weighted by Crippen LogP contribution is 2.32. The van der Waals surface area contributed by atoms with E-state index in [2.05, 4.69) is 45.7 Å². The van der Waals surface area contributed by atoms with Gasteiger partial charge in [0.15, 0.2) is 11.5 Å². The van der Waals surface area contributed by atoms with Crippen LogP contribution in [0.2, 0.25) is 0 Å². The van der Waals surface area contributed by atoms with Crippen molar-refractivity contribution in [3.63, 3.8) is 0 Å². The molecule has 2 aromatic carbocycles. The van der Waals surface area contributed by atoms with Gasteiger partial charge in [0.1, 0.15) is 5.75 Å². The minimum atomic E-state index is 0.364. The number of phenols is 1. The lowest BCUT2D eigenvalue weighted by atomic mass is 9.95. The normalized spacial score (nSPS) is 11.3. The number of rotatable bonds is 7. The summed E-state index contributed by atoms with van der Waals surface area (Å²) < 4.78 is 10.8. The summed E-state index contributed by atoms with van der Waals surface area (Å²) in [6, 6.07) is 8.04. The first-order chi connectivity index (χ1) is 12.3. The Bertz CT molecular complexity index is 768. The second kappa shape index (κ2) is 8.45. The zero-order valence-corrected chi connectivity index (χ0v) is 17.0. The molecule has 0 amide bonds. The highest BCUT2D eigenvalue weighted by Gasteiger charge is 2.14. The third-order valence-corrected chi connectivity index (χ3v) is 4.81. The number of hydrogen-bond donors (Lipinski definition) is 1. The van der Waals surface area contributed by atoms with E-state index in [1.807, 2.05) is 18.2 Å². The fourth-order valence-corrected chi connectivity index (χ4v) is 3.34. The van der Waals surface area contributed by atoms with Crippen molar-refractivity contribution in [2.75, 3.05) is 21.3 Å². The van der Waals surface area contributed by atoms with E-state index in [0.717, 1.165) is 34.7 Å². The molecular formula is C22H31NO3. The molecule has 0 spiro atoms. The van der Waals surface area contributed by atoms with Gasteiger partial charge < -0.3 is 14.6 Å². The Balaban J connectivity index is 2.22. The number of benzene rings is 2. The van der Waals surface area contributed by atoms with Gasteiger partial charge in [0.25, 0.3) is 0 Å². The van der Waals surface area contributed by atoms with Crippen molar-refractivity contribution in [2.24, 2.45) is 0 Å². The third kappa shape index (κ3) is 4.50. The van der Waals surface area contributed by atoms with E-state index >= 15 is 0 Å². The van der Waals surface area contributed by atoms with Crippen molar-refractivity contribution in [3.05, 3.63) is 52.1 Å². The Morgan fingerprint density at radius 2 is 1.46 bits per heavy atom. The molecule has 1 N–H and O–H groups in total. The number of ether oxygens (including phenoxy) is 2. The molecule has 2 aromatic rings. The zero-order valence-electron chi connectivity index (χ0n) is 17.0. The molecule has 0 heterocycles. The summed E-state index contributed by atoms with van der Waals surface area (Å²) in [6.07, 6.45) is 0. The van der Waals surface area contributed by atoms with Crippen molar-refractivity contribution in [1.29, 1.82) is 0 Å². The summed E-state index contributed by atoms with van der Waals surface area (Å²) in [5.41, 5.74) is 5.72. The van der Waals surface area contributed by atoms with Gasteiger partial charge in [0.05, 0.1) is 14.2 Å². The van der Waals surface area contributed by atoms with Crippen molar-refractivity contribution in [3.8, 4) is 17.2 Å². The minimum absolute atomic E-state index is 0.364. The maximum absolute atomic E-state index is 10.4. The highest BCUT2D eigenvalue weighted by atomic mass is 16.5. The lowest BCUT2D eigenvalue weighted by Crippen LogP contribution is -2.18. The van der Waals surface area contributed by atoms with Gasteiger partial charge in [-0.25, -0.2) is 0 Å². The SMILES string of the molecule is COc1cc(C)c(CN(C)Cc2cc(C(C)C)c(C)cc2O)cc1OC. The van der Waals surface area contributed by atoms with E-state index in [0.29, 0.717) is 18.2 Å². The Morgan fingerprint density at radius 3 is 2.04 bits per heavy atom. The summed E-state index contributed by atoms with van der Waals surface area (Å²) in [7, 11) is 5.36. The lowest BCUT2D eigenvalue weighted by molar-refractivity contribution is 0.309. The quantitative estimate of drug-likeness (QED) is 0.774. The van der Waals surface area contributed by atoms with Gasteiger partial charge in [-0.05, 0) is 67.3 Å². The Kier molecular flexibility index (Phi) is 6.54. The average Bonchev–Trinajstić information content (AvgIpc) is 2.58. The number of phenolic OH excluding ortho intramolecular Hbond substituents is 1. The maximum Gasteiger partial charge on any atom is 0.161 e. The fourth-order valence-electron chi connectivity index (χ4n) is 3.34. The second-order valence-corrected chi connectivity index (χ2v) is 7.30. The van der Waals surface area contributed by atoms with E-state index in [9.17, 15) is 5.11 Å². The number of aryl methyl sites for hydroxylation is 2. The first-order valence-corrected chi connectivity index (χ1v) is 8.99. The summed E-state index contributed by atoms with van der Waals surface area (Å²) in [6.45, 7) is 9.93. The van der Waals surface area contributed by atoms with Crippen LogP contribution in [0.5, 0.6) is 17.2 Å². The van der Waals surface area contributed by atoms with Crippen molar-refractivity contribution < 1.29 is 14.6 Å². The van der Waals surface area contributed by atoms with Crippen LogP contribution in [0.3, 0.4) is 0 Å². The monoisotopic (exact) mass is 357 g/mol. The van der Waals surface area contributed by atoms with E-state index in [1.54, 1.807) is 14.2 Å². The molecule has 0 aliphatic carbocycles. The van der Waals surface area contributed by atoms with Gasteiger partial charge in [-0.15, -0.1) is 0 Å².